The average Bonchev–Trinajstić information content (AvgIpc) is 2.93. The summed E-state index contributed by atoms with van der Waals surface area (Å²) in [7, 11) is -3.98. The van der Waals surface area contributed by atoms with E-state index in [1.165, 1.54) is 6.92 Å². The van der Waals surface area contributed by atoms with E-state index >= 15 is 0 Å². The van der Waals surface area contributed by atoms with Crippen LogP contribution in [0.15, 0.2) is 17.0 Å². The van der Waals surface area contributed by atoms with Crippen molar-refractivity contribution in [3.63, 3.8) is 0 Å². The van der Waals surface area contributed by atoms with E-state index in [0.29, 0.717) is 0 Å². The molecule has 3 N–H and O–H groups in total. The number of primary sulfonamides is 1. The second-order valence-corrected chi connectivity index (χ2v) is 6.69. The summed E-state index contributed by atoms with van der Waals surface area (Å²) in [5, 5.41) is 7.71. The van der Waals surface area contributed by atoms with E-state index in [9.17, 15) is 17.6 Å². The second kappa shape index (κ2) is 4.28. The molecule has 19 heavy (non-hydrogen) atoms. The Morgan fingerprint density at radius 3 is 2.47 bits per heavy atom. The van der Waals surface area contributed by atoms with Crippen molar-refractivity contribution in [1.82, 2.24) is 5.32 Å². The summed E-state index contributed by atoms with van der Waals surface area (Å²) in [6.07, 6.45) is 1.66. The topological polar surface area (TPSA) is 89.3 Å². The number of sulfonamides is 1. The highest BCUT2D eigenvalue weighted by molar-refractivity contribution is 7.89. The average molecular weight is 286 g/mol. The molecule has 0 radical (unpaired) electrons. The van der Waals surface area contributed by atoms with Gasteiger partial charge in [-0.2, -0.15) is 0 Å². The zero-order valence-corrected chi connectivity index (χ0v) is 11.5. The number of aryl methyl sites for hydroxylation is 1. The lowest BCUT2D eigenvalue weighted by molar-refractivity contribution is 0.0931. The Bertz CT molecular complexity index is 651. The largest absolute Gasteiger partial charge is 0.347 e. The number of carbonyl (C=O) groups is 1. The molecule has 1 fully saturated rings. The third-order valence-electron chi connectivity index (χ3n) is 3.23. The van der Waals surface area contributed by atoms with Crippen molar-refractivity contribution in [2.45, 2.75) is 37.1 Å². The Morgan fingerprint density at radius 1 is 1.42 bits per heavy atom. The Kier molecular flexibility index (Phi) is 3.14. The summed E-state index contributed by atoms with van der Waals surface area (Å²) in [6, 6.07) is 1.99. The fraction of sp³-hybridized carbons (Fsp3) is 0.417. The van der Waals surface area contributed by atoms with Crippen LogP contribution in [0.3, 0.4) is 0 Å². The molecule has 2 rings (SSSR count). The van der Waals surface area contributed by atoms with Gasteiger partial charge in [-0.25, -0.2) is 17.9 Å². The minimum Gasteiger partial charge on any atom is -0.347 e. The second-order valence-electron chi connectivity index (χ2n) is 5.16. The van der Waals surface area contributed by atoms with Gasteiger partial charge in [-0.1, -0.05) is 0 Å². The van der Waals surface area contributed by atoms with Crippen molar-refractivity contribution in [3.8, 4) is 0 Å². The molecule has 0 unspecified atom stereocenters. The number of nitrogens with one attached hydrogen (secondary N) is 1. The van der Waals surface area contributed by atoms with E-state index in [1.807, 2.05) is 6.92 Å². The zero-order valence-electron chi connectivity index (χ0n) is 10.7. The first-order valence-corrected chi connectivity index (χ1v) is 7.32. The molecular weight excluding hydrogens is 271 g/mol. The van der Waals surface area contributed by atoms with Crippen LogP contribution >= 0.6 is 0 Å². The minimum absolute atomic E-state index is 0.175. The number of carbonyl (C=O) groups excluding carboxylic acids is 1. The molecule has 1 saturated carbocycles. The number of halogens is 1. The fourth-order valence-corrected chi connectivity index (χ4v) is 2.58. The summed E-state index contributed by atoms with van der Waals surface area (Å²) in [6.45, 7) is 3.27. The molecule has 5 nitrogen and oxygen atoms in total. The Labute approximate surface area is 111 Å². The normalized spacial score (nSPS) is 17.1. The van der Waals surface area contributed by atoms with Crippen LogP contribution < -0.4 is 10.5 Å². The molecule has 1 aromatic carbocycles. The molecule has 0 aliphatic heterocycles. The third kappa shape index (κ3) is 2.93. The van der Waals surface area contributed by atoms with Gasteiger partial charge in [0.25, 0.3) is 5.91 Å². The van der Waals surface area contributed by atoms with Gasteiger partial charge < -0.3 is 5.32 Å². The van der Waals surface area contributed by atoms with Crippen LogP contribution in [0.5, 0.6) is 0 Å². The number of amides is 1. The minimum atomic E-state index is -3.98. The van der Waals surface area contributed by atoms with Crippen LogP contribution in [-0.2, 0) is 10.0 Å². The van der Waals surface area contributed by atoms with E-state index in [4.69, 9.17) is 5.14 Å². The molecule has 1 aliphatic rings. The van der Waals surface area contributed by atoms with Gasteiger partial charge in [0.15, 0.2) is 0 Å². The Balaban J connectivity index is 2.43. The predicted octanol–water partition coefficient (Wildman–Crippen LogP) is 1.06. The SMILES string of the molecule is Cc1cc(F)c(C(=O)NC2(C)CC2)cc1S(N)(=O)=O. The van der Waals surface area contributed by atoms with Crippen molar-refractivity contribution in [3.05, 3.63) is 29.1 Å². The van der Waals surface area contributed by atoms with Gasteiger partial charge in [0, 0.05) is 5.54 Å². The van der Waals surface area contributed by atoms with Gasteiger partial charge >= 0.3 is 0 Å². The third-order valence-corrected chi connectivity index (χ3v) is 4.28. The van der Waals surface area contributed by atoms with Crippen LogP contribution in [0.2, 0.25) is 0 Å². The summed E-state index contributed by atoms with van der Waals surface area (Å²) < 4.78 is 36.5. The Morgan fingerprint density at radius 2 is 2.00 bits per heavy atom. The van der Waals surface area contributed by atoms with Crippen molar-refractivity contribution < 1.29 is 17.6 Å². The summed E-state index contributed by atoms with van der Waals surface area (Å²) in [5.74, 6) is -1.38. The highest BCUT2D eigenvalue weighted by atomic mass is 32.2. The maximum Gasteiger partial charge on any atom is 0.254 e. The quantitative estimate of drug-likeness (QED) is 0.870. The molecule has 1 amide bonds. The van der Waals surface area contributed by atoms with Gasteiger partial charge in [0.05, 0.1) is 10.5 Å². The number of rotatable bonds is 3. The van der Waals surface area contributed by atoms with E-state index in [1.54, 1.807) is 0 Å². The molecule has 0 atom stereocenters. The monoisotopic (exact) mass is 286 g/mol. The van der Waals surface area contributed by atoms with Crippen LogP contribution in [0, 0.1) is 12.7 Å². The molecule has 7 heteroatoms. The standard InChI is InChI=1S/C12H15FN2O3S/c1-7-5-9(13)8(6-10(7)19(14,17)18)11(16)15-12(2)3-4-12/h5-6H,3-4H2,1-2H3,(H,15,16)(H2,14,17,18). The predicted molar refractivity (Wildman–Crippen MR) is 67.6 cm³/mol. The van der Waals surface area contributed by atoms with Gasteiger partial charge in [-0.05, 0) is 44.4 Å². The number of benzene rings is 1. The summed E-state index contributed by atoms with van der Waals surface area (Å²) >= 11 is 0. The fourth-order valence-electron chi connectivity index (χ4n) is 1.79. The molecule has 0 bridgehead atoms. The molecule has 1 aliphatic carbocycles. The maximum absolute atomic E-state index is 13.8. The molecular formula is C12H15FN2O3S. The van der Waals surface area contributed by atoms with Crippen molar-refractivity contribution >= 4 is 15.9 Å². The van der Waals surface area contributed by atoms with E-state index < -0.39 is 21.7 Å². The molecule has 0 aromatic heterocycles. The summed E-state index contributed by atoms with van der Waals surface area (Å²) in [4.78, 5) is 11.7. The van der Waals surface area contributed by atoms with E-state index in [-0.39, 0.29) is 21.6 Å². The molecule has 104 valence electrons. The smallest absolute Gasteiger partial charge is 0.254 e. The van der Waals surface area contributed by atoms with Gasteiger partial charge in [-0.15, -0.1) is 0 Å². The number of hydrogen-bond acceptors (Lipinski definition) is 3. The first-order chi connectivity index (χ1) is 8.62. The van der Waals surface area contributed by atoms with Crippen LogP contribution in [0.1, 0.15) is 35.7 Å². The van der Waals surface area contributed by atoms with Crippen LogP contribution in [-0.4, -0.2) is 19.9 Å². The molecule has 0 spiro atoms. The highest BCUT2D eigenvalue weighted by Crippen LogP contribution is 2.34. The van der Waals surface area contributed by atoms with Gasteiger partial charge in [0.2, 0.25) is 10.0 Å². The molecule has 1 aromatic rings. The van der Waals surface area contributed by atoms with Crippen LogP contribution in [0.4, 0.5) is 4.39 Å². The first-order valence-electron chi connectivity index (χ1n) is 5.78. The molecule has 0 heterocycles. The first kappa shape index (κ1) is 14.0. The Hall–Kier alpha value is -1.47. The maximum atomic E-state index is 13.8. The van der Waals surface area contributed by atoms with Crippen molar-refractivity contribution in [2.24, 2.45) is 5.14 Å². The number of nitrogens with two attached hydrogens (primary N) is 1. The summed E-state index contributed by atoms with van der Waals surface area (Å²) in [5.41, 5.74) is -0.437. The van der Waals surface area contributed by atoms with Crippen LogP contribution in [0.25, 0.3) is 0 Å². The zero-order chi connectivity index (χ0) is 14.4. The lowest BCUT2D eigenvalue weighted by atomic mass is 10.1. The number of hydrogen-bond donors (Lipinski definition) is 2. The van der Waals surface area contributed by atoms with Gasteiger partial charge in [0.1, 0.15) is 5.82 Å². The van der Waals surface area contributed by atoms with Crippen molar-refractivity contribution in [2.75, 3.05) is 0 Å². The highest BCUT2D eigenvalue weighted by Gasteiger charge is 2.39. The van der Waals surface area contributed by atoms with E-state index in [2.05, 4.69) is 5.32 Å². The van der Waals surface area contributed by atoms with Crippen molar-refractivity contribution in [1.29, 1.82) is 0 Å². The lowest BCUT2D eigenvalue weighted by Crippen LogP contribution is -2.35. The molecule has 0 saturated heterocycles. The van der Waals surface area contributed by atoms with E-state index in [0.717, 1.165) is 25.0 Å². The lowest BCUT2D eigenvalue weighted by Gasteiger charge is -2.13. The van der Waals surface area contributed by atoms with Gasteiger partial charge in [-0.3, -0.25) is 4.79 Å².